The van der Waals surface area contributed by atoms with E-state index in [0.717, 1.165) is 20.4 Å². The van der Waals surface area contributed by atoms with E-state index in [1.165, 1.54) is 17.3 Å². The zero-order valence-electron chi connectivity index (χ0n) is 19.5. The number of halogens is 1. The number of ether oxygens (including phenoxy) is 3. The van der Waals surface area contributed by atoms with Gasteiger partial charge < -0.3 is 14.2 Å². The molecule has 8 heteroatoms. The predicted octanol–water partition coefficient (Wildman–Crippen LogP) is 6.99. The molecule has 4 rings (SSSR count). The summed E-state index contributed by atoms with van der Waals surface area (Å²) in [5.74, 6) is 1.88. The summed E-state index contributed by atoms with van der Waals surface area (Å²) in [5.41, 5.74) is 3.83. The summed E-state index contributed by atoms with van der Waals surface area (Å²) in [6.45, 7) is 5.01. The highest BCUT2D eigenvalue weighted by molar-refractivity contribution is 14.1. The minimum Gasteiger partial charge on any atom is -0.494 e. The third-order valence-corrected chi connectivity index (χ3v) is 7.36. The zero-order valence-corrected chi connectivity index (χ0v) is 23.3. The number of carbonyl (C=O) groups is 1. The van der Waals surface area contributed by atoms with Gasteiger partial charge in [0.15, 0.2) is 15.8 Å². The molecule has 1 aliphatic rings. The molecule has 0 spiro atoms. The lowest BCUT2D eigenvalue weighted by Gasteiger charge is -2.15. The average Bonchev–Trinajstić information content (AvgIpc) is 3.12. The number of amides is 1. The molecule has 3 aromatic carbocycles. The highest BCUT2D eigenvalue weighted by Gasteiger charge is 2.33. The summed E-state index contributed by atoms with van der Waals surface area (Å²) in [7, 11) is 1.61. The number of rotatable bonds is 8. The Morgan fingerprint density at radius 2 is 1.77 bits per heavy atom. The molecular formula is C27H24INO4S2. The number of anilines is 1. The van der Waals surface area contributed by atoms with Crippen LogP contribution in [0.4, 0.5) is 5.69 Å². The number of thioether (sulfide) groups is 1. The lowest BCUT2D eigenvalue weighted by molar-refractivity contribution is -0.113. The van der Waals surface area contributed by atoms with E-state index in [0.29, 0.717) is 39.6 Å². The van der Waals surface area contributed by atoms with Crippen molar-refractivity contribution in [3.63, 3.8) is 0 Å². The molecule has 0 saturated carbocycles. The Labute approximate surface area is 228 Å². The van der Waals surface area contributed by atoms with Crippen LogP contribution in [0.5, 0.6) is 17.2 Å². The van der Waals surface area contributed by atoms with Crippen LogP contribution in [-0.4, -0.2) is 23.9 Å². The fourth-order valence-corrected chi connectivity index (χ4v) is 5.58. The van der Waals surface area contributed by atoms with Gasteiger partial charge in [-0.3, -0.25) is 9.69 Å². The second-order valence-corrected chi connectivity index (χ2v) is 10.6. The van der Waals surface area contributed by atoms with Gasteiger partial charge in [0, 0.05) is 0 Å². The summed E-state index contributed by atoms with van der Waals surface area (Å²) in [6, 6.07) is 19.4. The van der Waals surface area contributed by atoms with Crippen LogP contribution in [-0.2, 0) is 11.4 Å². The van der Waals surface area contributed by atoms with E-state index in [1.807, 2.05) is 49.4 Å². The molecule has 0 atom stereocenters. The molecule has 1 saturated heterocycles. The number of hydrogen-bond acceptors (Lipinski definition) is 6. The molecule has 0 N–H and O–H groups in total. The number of benzene rings is 3. The predicted molar refractivity (Wildman–Crippen MR) is 154 cm³/mol. The van der Waals surface area contributed by atoms with Crippen LogP contribution in [0, 0.1) is 10.5 Å². The molecule has 1 heterocycles. The van der Waals surface area contributed by atoms with Crippen molar-refractivity contribution in [3.8, 4) is 17.2 Å². The Morgan fingerprint density at radius 1 is 1.06 bits per heavy atom. The van der Waals surface area contributed by atoms with Crippen molar-refractivity contribution in [2.45, 2.75) is 20.5 Å². The molecule has 1 amide bonds. The fourth-order valence-electron chi connectivity index (χ4n) is 3.50. The molecule has 180 valence electrons. The van der Waals surface area contributed by atoms with Crippen molar-refractivity contribution in [3.05, 3.63) is 85.8 Å². The monoisotopic (exact) mass is 617 g/mol. The standard InChI is InChI=1S/C27H24INO4S2/c1-4-32-21-11-9-20(10-12-21)29-26(30)24(35-27(29)34)15-19-13-22(28)25(23(14-19)31-3)33-16-18-7-5-17(2)6-8-18/h5-15H,4,16H2,1-3H3/b24-15-. The van der Waals surface area contributed by atoms with Gasteiger partial charge in [-0.2, -0.15) is 0 Å². The first-order chi connectivity index (χ1) is 16.9. The van der Waals surface area contributed by atoms with Gasteiger partial charge in [-0.15, -0.1) is 0 Å². The van der Waals surface area contributed by atoms with E-state index in [2.05, 4.69) is 53.8 Å². The van der Waals surface area contributed by atoms with Crippen LogP contribution >= 0.6 is 46.6 Å². The van der Waals surface area contributed by atoms with Crippen molar-refractivity contribution in [1.82, 2.24) is 0 Å². The van der Waals surface area contributed by atoms with Crippen LogP contribution in [0.15, 0.2) is 65.6 Å². The van der Waals surface area contributed by atoms with E-state index >= 15 is 0 Å². The first-order valence-electron chi connectivity index (χ1n) is 11.0. The number of carbonyl (C=O) groups excluding carboxylic acids is 1. The van der Waals surface area contributed by atoms with E-state index < -0.39 is 0 Å². The maximum absolute atomic E-state index is 13.2. The van der Waals surface area contributed by atoms with Crippen LogP contribution < -0.4 is 19.1 Å². The lowest BCUT2D eigenvalue weighted by Crippen LogP contribution is -2.27. The molecule has 1 fully saturated rings. The first-order valence-corrected chi connectivity index (χ1v) is 13.3. The van der Waals surface area contributed by atoms with Crippen molar-refractivity contribution < 1.29 is 19.0 Å². The van der Waals surface area contributed by atoms with Gasteiger partial charge in [-0.05, 0) is 90.0 Å². The minimum atomic E-state index is -0.155. The SMILES string of the molecule is CCOc1ccc(N2C(=O)/C(=C/c3cc(I)c(OCc4ccc(C)cc4)c(OC)c3)SC2=S)cc1. The van der Waals surface area contributed by atoms with Crippen LogP contribution in [0.25, 0.3) is 6.08 Å². The molecule has 3 aromatic rings. The third kappa shape index (κ3) is 5.99. The Hall–Kier alpha value is -2.56. The molecule has 1 aliphatic heterocycles. The van der Waals surface area contributed by atoms with E-state index in [1.54, 1.807) is 12.0 Å². The quantitative estimate of drug-likeness (QED) is 0.154. The van der Waals surface area contributed by atoms with Gasteiger partial charge in [0.2, 0.25) is 0 Å². The summed E-state index contributed by atoms with van der Waals surface area (Å²) in [5, 5.41) is 0. The first kappa shape index (κ1) is 25.5. The number of thiocarbonyl (C=S) groups is 1. The number of aryl methyl sites for hydroxylation is 1. The van der Waals surface area contributed by atoms with E-state index in [9.17, 15) is 4.79 Å². The largest absolute Gasteiger partial charge is 0.494 e. The minimum absolute atomic E-state index is 0.155. The molecule has 5 nitrogen and oxygen atoms in total. The summed E-state index contributed by atoms with van der Waals surface area (Å²) in [6.07, 6.45) is 1.84. The number of nitrogens with zero attached hydrogens (tertiary/aromatic N) is 1. The molecule has 0 radical (unpaired) electrons. The summed E-state index contributed by atoms with van der Waals surface area (Å²) < 4.78 is 18.6. The summed E-state index contributed by atoms with van der Waals surface area (Å²) >= 11 is 9.02. The molecule has 0 bridgehead atoms. The molecule has 0 aliphatic carbocycles. The smallest absolute Gasteiger partial charge is 0.270 e. The van der Waals surface area contributed by atoms with Crippen molar-refractivity contribution in [1.29, 1.82) is 0 Å². The lowest BCUT2D eigenvalue weighted by atomic mass is 10.1. The fraction of sp³-hybridized carbons (Fsp3) is 0.185. The highest BCUT2D eigenvalue weighted by Crippen LogP contribution is 2.39. The third-order valence-electron chi connectivity index (χ3n) is 5.25. The van der Waals surface area contributed by atoms with Crippen LogP contribution in [0.2, 0.25) is 0 Å². The molecule has 0 unspecified atom stereocenters. The molecule has 35 heavy (non-hydrogen) atoms. The van der Waals surface area contributed by atoms with E-state index in [4.69, 9.17) is 26.4 Å². The van der Waals surface area contributed by atoms with Crippen LogP contribution in [0.1, 0.15) is 23.6 Å². The maximum atomic E-state index is 13.2. The zero-order chi connectivity index (χ0) is 24.9. The summed E-state index contributed by atoms with van der Waals surface area (Å²) in [4.78, 5) is 15.3. The number of hydrogen-bond donors (Lipinski definition) is 0. The van der Waals surface area contributed by atoms with Crippen molar-refractivity contribution in [2.75, 3.05) is 18.6 Å². The average molecular weight is 618 g/mol. The Balaban J connectivity index is 1.54. The number of methoxy groups -OCH3 is 1. The normalized spacial score (nSPS) is 14.5. The Bertz CT molecular complexity index is 1270. The van der Waals surface area contributed by atoms with Gasteiger partial charge >= 0.3 is 0 Å². The van der Waals surface area contributed by atoms with Crippen molar-refractivity contribution in [2.24, 2.45) is 0 Å². The second-order valence-electron chi connectivity index (χ2n) is 7.75. The molecular weight excluding hydrogens is 593 g/mol. The maximum Gasteiger partial charge on any atom is 0.270 e. The van der Waals surface area contributed by atoms with Gasteiger partial charge in [0.1, 0.15) is 12.4 Å². The van der Waals surface area contributed by atoms with Gasteiger partial charge in [-0.1, -0.05) is 53.8 Å². The highest BCUT2D eigenvalue weighted by atomic mass is 127. The van der Waals surface area contributed by atoms with Crippen LogP contribution in [0.3, 0.4) is 0 Å². The topological polar surface area (TPSA) is 48.0 Å². The Morgan fingerprint density at radius 3 is 2.43 bits per heavy atom. The molecule has 0 aromatic heterocycles. The Kier molecular flexibility index (Phi) is 8.35. The second kappa shape index (κ2) is 11.5. The van der Waals surface area contributed by atoms with E-state index in [-0.39, 0.29) is 5.91 Å². The van der Waals surface area contributed by atoms with Gasteiger partial charge in [-0.25, -0.2) is 0 Å². The van der Waals surface area contributed by atoms with Gasteiger partial charge in [0.05, 0.1) is 27.9 Å². The van der Waals surface area contributed by atoms with Crippen molar-refractivity contribution >= 4 is 68.6 Å². The van der Waals surface area contributed by atoms with Gasteiger partial charge in [0.25, 0.3) is 5.91 Å².